The number of nitro groups is 1. The van der Waals surface area contributed by atoms with Gasteiger partial charge >= 0.3 is 0 Å². The minimum atomic E-state index is -0.500. The van der Waals surface area contributed by atoms with E-state index in [1.54, 1.807) is 17.7 Å². The van der Waals surface area contributed by atoms with E-state index in [2.05, 4.69) is 10.4 Å². The van der Waals surface area contributed by atoms with Crippen LogP contribution in [0.15, 0.2) is 24.4 Å². The molecular weight excluding hydrogens is 288 g/mol. The van der Waals surface area contributed by atoms with Crippen LogP contribution < -0.4 is 10.1 Å². The first kappa shape index (κ1) is 14.1. The third-order valence-electron chi connectivity index (χ3n) is 3.47. The van der Waals surface area contributed by atoms with E-state index in [-0.39, 0.29) is 5.69 Å². The summed E-state index contributed by atoms with van der Waals surface area (Å²) >= 11 is 0. The largest absolute Gasteiger partial charge is 0.477 e. The minimum Gasteiger partial charge on any atom is -0.477 e. The second-order valence-electron chi connectivity index (χ2n) is 5.00. The number of nitrogens with one attached hydrogen (secondary N) is 1. The van der Waals surface area contributed by atoms with Gasteiger partial charge in [0.1, 0.15) is 5.56 Å². The molecule has 8 heteroatoms. The zero-order valence-electron chi connectivity index (χ0n) is 11.9. The number of benzene rings is 1. The van der Waals surface area contributed by atoms with Crippen LogP contribution >= 0.6 is 0 Å². The maximum Gasteiger partial charge on any atom is 0.271 e. The Morgan fingerprint density at radius 2 is 2.32 bits per heavy atom. The molecule has 0 radical (unpaired) electrons. The Morgan fingerprint density at radius 1 is 1.50 bits per heavy atom. The standard InChI is InChI=1S/C14H14N4O4/c1-9-3-4-10(18(20)21)7-12(9)16-13(19)11-8-15-17-5-2-6-22-14(11)17/h3-4,7-8H,2,5-6H2,1H3,(H,16,19). The van der Waals surface area contributed by atoms with E-state index in [4.69, 9.17) is 4.74 Å². The van der Waals surface area contributed by atoms with Crippen LogP contribution in [-0.4, -0.2) is 27.2 Å². The Balaban J connectivity index is 1.87. The SMILES string of the molecule is Cc1ccc([N+](=O)[O-])cc1NC(=O)c1cnn2c1OCCC2. The van der Waals surface area contributed by atoms with Gasteiger partial charge in [0.2, 0.25) is 5.88 Å². The summed E-state index contributed by atoms with van der Waals surface area (Å²) in [6.45, 7) is 3.02. The minimum absolute atomic E-state index is 0.0748. The lowest BCUT2D eigenvalue weighted by Crippen LogP contribution is -2.18. The Morgan fingerprint density at radius 3 is 3.09 bits per heavy atom. The molecule has 0 fully saturated rings. The van der Waals surface area contributed by atoms with Crippen molar-refractivity contribution in [2.45, 2.75) is 19.9 Å². The first-order chi connectivity index (χ1) is 10.6. The fourth-order valence-electron chi connectivity index (χ4n) is 2.27. The second-order valence-corrected chi connectivity index (χ2v) is 5.00. The highest BCUT2D eigenvalue weighted by Crippen LogP contribution is 2.26. The molecule has 1 aliphatic heterocycles. The van der Waals surface area contributed by atoms with E-state index < -0.39 is 10.8 Å². The number of fused-ring (bicyclic) bond motifs is 1. The van der Waals surface area contributed by atoms with Crippen molar-refractivity contribution in [2.75, 3.05) is 11.9 Å². The van der Waals surface area contributed by atoms with Crippen LogP contribution in [0, 0.1) is 17.0 Å². The number of aromatic nitrogens is 2. The molecule has 0 bridgehead atoms. The van der Waals surface area contributed by atoms with Gasteiger partial charge in [-0.15, -0.1) is 0 Å². The average molecular weight is 302 g/mol. The highest BCUT2D eigenvalue weighted by molar-refractivity contribution is 6.06. The van der Waals surface area contributed by atoms with Crippen molar-refractivity contribution in [3.8, 4) is 5.88 Å². The van der Waals surface area contributed by atoms with E-state index in [9.17, 15) is 14.9 Å². The number of nitro benzene ring substituents is 1. The smallest absolute Gasteiger partial charge is 0.271 e. The van der Waals surface area contributed by atoms with Crippen LogP contribution in [-0.2, 0) is 6.54 Å². The highest BCUT2D eigenvalue weighted by atomic mass is 16.6. The second kappa shape index (κ2) is 5.47. The normalized spacial score (nSPS) is 13.1. The number of amides is 1. The Hall–Kier alpha value is -2.90. The zero-order valence-corrected chi connectivity index (χ0v) is 11.9. The molecule has 0 atom stereocenters. The van der Waals surface area contributed by atoms with Gasteiger partial charge in [0.15, 0.2) is 0 Å². The van der Waals surface area contributed by atoms with Crippen LogP contribution in [0.1, 0.15) is 22.3 Å². The Bertz CT molecular complexity index is 753. The third-order valence-corrected chi connectivity index (χ3v) is 3.47. The van der Waals surface area contributed by atoms with Crippen molar-refractivity contribution in [1.82, 2.24) is 9.78 Å². The van der Waals surface area contributed by atoms with Gasteiger partial charge in [-0.2, -0.15) is 5.10 Å². The van der Waals surface area contributed by atoms with Gasteiger partial charge in [-0.1, -0.05) is 6.07 Å². The lowest BCUT2D eigenvalue weighted by atomic mass is 10.1. The molecule has 0 aliphatic carbocycles. The first-order valence-corrected chi connectivity index (χ1v) is 6.81. The monoisotopic (exact) mass is 302 g/mol. The fraction of sp³-hybridized carbons (Fsp3) is 0.286. The molecule has 1 aliphatic rings. The Kier molecular flexibility index (Phi) is 3.50. The number of nitrogens with zero attached hydrogens (tertiary/aromatic N) is 3. The van der Waals surface area contributed by atoms with Crippen LogP contribution in [0.2, 0.25) is 0 Å². The molecule has 22 heavy (non-hydrogen) atoms. The summed E-state index contributed by atoms with van der Waals surface area (Å²) in [5.74, 6) is 0.0404. The summed E-state index contributed by atoms with van der Waals surface area (Å²) in [6, 6.07) is 4.33. The molecule has 0 saturated heterocycles. The fourth-order valence-corrected chi connectivity index (χ4v) is 2.27. The Labute approximate surface area is 125 Å². The summed E-state index contributed by atoms with van der Waals surface area (Å²) in [6.07, 6.45) is 2.29. The van der Waals surface area contributed by atoms with Gasteiger partial charge in [-0.25, -0.2) is 4.68 Å². The molecule has 3 rings (SSSR count). The van der Waals surface area contributed by atoms with Gasteiger partial charge in [-0.05, 0) is 12.5 Å². The number of aryl methyl sites for hydroxylation is 2. The van der Waals surface area contributed by atoms with Crippen molar-refractivity contribution in [3.63, 3.8) is 0 Å². The maximum atomic E-state index is 12.4. The molecule has 1 amide bonds. The van der Waals surface area contributed by atoms with Gasteiger partial charge < -0.3 is 10.1 Å². The number of non-ortho nitro benzene ring substituents is 1. The number of carbonyl (C=O) groups excluding carboxylic acids is 1. The molecule has 1 aromatic carbocycles. The van der Waals surface area contributed by atoms with Gasteiger partial charge in [0.25, 0.3) is 11.6 Å². The van der Waals surface area contributed by atoms with Crippen LogP contribution in [0.5, 0.6) is 5.88 Å². The van der Waals surface area contributed by atoms with Crippen molar-refractivity contribution < 1.29 is 14.5 Å². The maximum absolute atomic E-state index is 12.4. The summed E-state index contributed by atoms with van der Waals surface area (Å²) in [5.41, 5.74) is 1.38. The summed E-state index contributed by atoms with van der Waals surface area (Å²) < 4.78 is 7.11. The molecular formula is C14H14N4O4. The van der Waals surface area contributed by atoms with Gasteiger partial charge in [0.05, 0.1) is 23.4 Å². The number of rotatable bonds is 3. The first-order valence-electron chi connectivity index (χ1n) is 6.81. The zero-order chi connectivity index (χ0) is 15.7. The molecule has 114 valence electrons. The lowest BCUT2D eigenvalue weighted by molar-refractivity contribution is -0.384. The average Bonchev–Trinajstić information content (AvgIpc) is 2.93. The van der Waals surface area contributed by atoms with Crippen molar-refractivity contribution in [1.29, 1.82) is 0 Å². The van der Waals surface area contributed by atoms with Crippen molar-refractivity contribution >= 4 is 17.3 Å². The van der Waals surface area contributed by atoms with E-state index in [1.165, 1.54) is 18.3 Å². The molecule has 1 N–H and O–H groups in total. The van der Waals surface area contributed by atoms with Crippen molar-refractivity contribution in [3.05, 3.63) is 45.6 Å². The van der Waals surface area contributed by atoms with E-state index in [0.29, 0.717) is 30.3 Å². The topological polar surface area (TPSA) is 99.3 Å². The summed E-state index contributed by atoms with van der Waals surface area (Å²) in [7, 11) is 0. The predicted molar refractivity (Wildman–Crippen MR) is 78.1 cm³/mol. The van der Waals surface area contributed by atoms with E-state index in [0.717, 1.165) is 12.0 Å². The van der Waals surface area contributed by atoms with Crippen molar-refractivity contribution in [2.24, 2.45) is 0 Å². The molecule has 2 aromatic rings. The number of hydrogen-bond donors (Lipinski definition) is 1. The van der Waals surface area contributed by atoms with Crippen LogP contribution in [0.3, 0.4) is 0 Å². The number of anilines is 1. The van der Waals surface area contributed by atoms with Gasteiger partial charge in [0, 0.05) is 25.1 Å². The summed E-state index contributed by atoms with van der Waals surface area (Å²) in [5, 5.41) is 17.6. The highest BCUT2D eigenvalue weighted by Gasteiger charge is 2.22. The predicted octanol–water partition coefficient (Wildman–Crippen LogP) is 2.13. The number of hydrogen-bond acceptors (Lipinski definition) is 5. The molecule has 0 unspecified atom stereocenters. The molecule has 0 spiro atoms. The molecule has 0 saturated carbocycles. The van der Waals surface area contributed by atoms with Gasteiger partial charge in [-0.3, -0.25) is 14.9 Å². The summed E-state index contributed by atoms with van der Waals surface area (Å²) in [4.78, 5) is 22.7. The van der Waals surface area contributed by atoms with Crippen LogP contribution in [0.25, 0.3) is 0 Å². The number of ether oxygens (including phenoxy) is 1. The molecule has 2 heterocycles. The third kappa shape index (κ3) is 2.50. The van der Waals surface area contributed by atoms with E-state index in [1.807, 2.05) is 0 Å². The van der Waals surface area contributed by atoms with E-state index >= 15 is 0 Å². The molecule has 8 nitrogen and oxygen atoms in total. The number of carbonyl (C=O) groups is 1. The quantitative estimate of drug-likeness (QED) is 0.691. The lowest BCUT2D eigenvalue weighted by Gasteiger charge is -2.16. The van der Waals surface area contributed by atoms with Crippen LogP contribution in [0.4, 0.5) is 11.4 Å². The molecule has 1 aromatic heterocycles.